The summed E-state index contributed by atoms with van der Waals surface area (Å²) in [7, 11) is 0. The molecule has 0 aliphatic carbocycles. The Morgan fingerprint density at radius 1 is 1.10 bits per heavy atom. The van der Waals surface area contributed by atoms with Gasteiger partial charge in [-0.05, 0) is 31.5 Å². The number of rotatable bonds is 6. The zero-order valence-electron chi connectivity index (χ0n) is 11.6. The van der Waals surface area contributed by atoms with Gasteiger partial charge in [-0.3, -0.25) is 9.59 Å². The minimum absolute atomic E-state index is 0.000757. The molecule has 0 heterocycles. The normalized spacial score (nSPS) is 12.1. The van der Waals surface area contributed by atoms with E-state index in [-0.39, 0.29) is 18.8 Å². The molecule has 0 fully saturated rings. The molecular weight excluding hydrogens is 286 g/mol. The van der Waals surface area contributed by atoms with Crippen LogP contribution in [-0.2, 0) is 19.1 Å². The van der Waals surface area contributed by atoms with E-state index in [2.05, 4.69) is 0 Å². The lowest BCUT2D eigenvalue weighted by Gasteiger charge is -2.20. The molecule has 116 valence electrons. The van der Waals surface area contributed by atoms with E-state index in [0.717, 1.165) is 12.1 Å². The summed E-state index contributed by atoms with van der Waals surface area (Å²) in [4.78, 5) is 23.6. The van der Waals surface area contributed by atoms with Gasteiger partial charge in [0.2, 0.25) is 0 Å². The lowest BCUT2D eigenvalue weighted by atomic mass is 9.95. The maximum Gasteiger partial charge on any atom is 0.323 e. The average Bonchev–Trinajstić information content (AvgIpc) is 2.42. The zero-order chi connectivity index (χ0) is 16.0. The van der Waals surface area contributed by atoms with E-state index in [4.69, 9.17) is 9.47 Å². The second-order valence-electron chi connectivity index (χ2n) is 4.10. The van der Waals surface area contributed by atoms with Gasteiger partial charge in [-0.25, -0.2) is 8.78 Å². The molecule has 0 aromatic heterocycles. The van der Waals surface area contributed by atoms with Crippen molar-refractivity contribution in [3.05, 3.63) is 35.4 Å². The van der Waals surface area contributed by atoms with E-state index in [0.29, 0.717) is 6.07 Å². The van der Waals surface area contributed by atoms with Gasteiger partial charge in [0.25, 0.3) is 0 Å². The van der Waals surface area contributed by atoms with Gasteiger partial charge in [0.1, 0.15) is 6.10 Å². The van der Waals surface area contributed by atoms with Crippen molar-refractivity contribution < 1.29 is 33.0 Å². The molecule has 0 saturated heterocycles. The maximum atomic E-state index is 13.2. The van der Waals surface area contributed by atoms with Crippen LogP contribution < -0.4 is 0 Å². The number of benzene rings is 1. The highest BCUT2D eigenvalue weighted by molar-refractivity contribution is 5.95. The first-order chi connectivity index (χ1) is 9.92. The fourth-order valence-corrected chi connectivity index (χ4v) is 1.71. The molecule has 1 N–H and O–H groups in total. The van der Waals surface area contributed by atoms with Crippen LogP contribution in [0, 0.1) is 17.6 Å². The molecular formula is C14H16F2O5. The van der Waals surface area contributed by atoms with Gasteiger partial charge in [-0.15, -0.1) is 0 Å². The standard InChI is InChI=1S/C14H16F2O5/c1-3-20-13(18)11(14(19)21-4-2)12(17)8-5-6-9(15)10(16)7-8/h5-7,11-12,17H,3-4H2,1-2H3. The highest BCUT2D eigenvalue weighted by Gasteiger charge is 2.37. The van der Waals surface area contributed by atoms with E-state index in [1.165, 1.54) is 13.8 Å². The van der Waals surface area contributed by atoms with E-state index >= 15 is 0 Å². The van der Waals surface area contributed by atoms with E-state index in [1.54, 1.807) is 0 Å². The van der Waals surface area contributed by atoms with Gasteiger partial charge in [0.05, 0.1) is 13.2 Å². The third-order valence-corrected chi connectivity index (χ3v) is 2.68. The molecule has 7 heteroatoms. The monoisotopic (exact) mass is 302 g/mol. The summed E-state index contributed by atoms with van der Waals surface area (Å²) in [5.41, 5.74) is -0.125. The van der Waals surface area contributed by atoms with Crippen LogP contribution in [0.5, 0.6) is 0 Å². The number of hydrogen-bond acceptors (Lipinski definition) is 5. The first-order valence-electron chi connectivity index (χ1n) is 6.38. The van der Waals surface area contributed by atoms with Crippen LogP contribution in [0.1, 0.15) is 25.5 Å². The van der Waals surface area contributed by atoms with Crippen molar-refractivity contribution in [3.63, 3.8) is 0 Å². The third-order valence-electron chi connectivity index (χ3n) is 2.68. The highest BCUT2D eigenvalue weighted by Crippen LogP contribution is 2.26. The predicted molar refractivity (Wildman–Crippen MR) is 68.1 cm³/mol. The smallest absolute Gasteiger partial charge is 0.323 e. The molecule has 0 bridgehead atoms. The Hall–Kier alpha value is -2.02. The van der Waals surface area contributed by atoms with E-state index < -0.39 is 35.6 Å². The van der Waals surface area contributed by atoms with Crippen LogP contribution >= 0.6 is 0 Å². The maximum absolute atomic E-state index is 13.2. The van der Waals surface area contributed by atoms with E-state index in [9.17, 15) is 23.5 Å². The number of carbonyl (C=O) groups excluding carboxylic acids is 2. The summed E-state index contributed by atoms with van der Waals surface area (Å²) in [5, 5.41) is 10.1. The minimum atomic E-state index is -1.70. The molecule has 0 saturated carbocycles. The minimum Gasteiger partial charge on any atom is -0.465 e. The van der Waals surface area contributed by atoms with Crippen molar-refractivity contribution in [2.45, 2.75) is 20.0 Å². The molecule has 1 unspecified atom stereocenters. The van der Waals surface area contributed by atoms with Crippen LogP contribution in [0.4, 0.5) is 8.78 Å². The summed E-state index contributed by atoms with van der Waals surface area (Å²) in [5.74, 6) is -5.94. The van der Waals surface area contributed by atoms with Crippen molar-refractivity contribution in [1.29, 1.82) is 0 Å². The first kappa shape index (κ1) is 17.0. The summed E-state index contributed by atoms with van der Waals surface area (Å²) < 4.78 is 35.5. The zero-order valence-corrected chi connectivity index (χ0v) is 11.6. The Morgan fingerprint density at radius 3 is 2.05 bits per heavy atom. The van der Waals surface area contributed by atoms with Crippen LogP contribution in [0.25, 0.3) is 0 Å². The average molecular weight is 302 g/mol. The number of aliphatic hydroxyl groups excluding tert-OH is 1. The molecule has 1 rings (SSSR count). The number of aliphatic hydroxyl groups is 1. The molecule has 0 aliphatic heterocycles. The third kappa shape index (κ3) is 4.22. The fourth-order valence-electron chi connectivity index (χ4n) is 1.71. The van der Waals surface area contributed by atoms with E-state index in [1.807, 2.05) is 0 Å². The molecule has 0 spiro atoms. The van der Waals surface area contributed by atoms with Crippen molar-refractivity contribution in [1.82, 2.24) is 0 Å². The Balaban J connectivity index is 3.08. The van der Waals surface area contributed by atoms with Gasteiger partial charge >= 0.3 is 11.9 Å². The van der Waals surface area contributed by atoms with Crippen molar-refractivity contribution in [3.8, 4) is 0 Å². The van der Waals surface area contributed by atoms with Gasteiger partial charge in [0.15, 0.2) is 17.6 Å². The second kappa shape index (κ2) is 7.68. The SMILES string of the molecule is CCOC(=O)C(C(=O)OCC)C(O)c1ccc(F)c(F)c1. The Labute approximate surface area is 120 Å². The number of hydrogen-bond donors (Lipinski definition) is 1. The molecule has 5 nitrogen and oxygen atoms in total. The van der Waals surface area contributed by atoms with Crippen molar-refractivity contribution in [2.75, 3.05) is 13.2 Å². The van der Waals surface area contributed by atoms with Crippen molar-refractivity contribution in [2.24, 2.45) is 5.92 Å². The van der Waals surface area contributed by atoms with Gasteiger partial charge in [0, 0.05) is 0 Å². The fraction of sp³-hybridized carbons (Fsp3) is 0.429. The number of carbonyl (C=O) groups is 2. The molecule has 21 heavy (non-hydrogen) atoms. The Kier molecular flexibility index (Phi) is 6.23. The lowest BCUT2D eigenvalue weighted by molar-refractivity contribution is -0.167. The molecule has 0 aliphatic rings. The molecule has 0 amide bonds. The van der Waals surface area contributed by atoms with Crippen LogP contribution in [0.15, 0.2) is 18.2 Å². The summed E-state index contributed by atoms with van der Waals surface area (Å²) >= 11 is 0. The highest BCUT2D eigenvalue weighted by atomic mass is 19.2. The van der Waals surface area contributed by atoms with Crippen LogP contribution in [0.2, 0.25) is 0 Å². The Morgan fingerprint density at radius 2 is 1.62 bits per heavy atom. The van der Waals surface area contributed by atoms with Crippen molar-refractivity contribution >= 4 is 11.9 Å². The first-order valence-corrected chi connectivity index (χ1v) is 6.38. The Bertz CT molecular complexity index is 500. The number of esters is 2. The molecule has 0 radical (unpaired) electrons. The summed E-state index contributed by atoms with van der Waals surface area (Å²) in [6.07, 6.45) is -1.70. The largest absolute Gasteiger partial charge is 0.465 e. The quantitative estimate of drug-likeness (QED) is 0.640. The summed E-state index contributed by atoms with van der Waals surface area (Å²) in [6.45, 7) is 3.06. The van der Waals surface area contributed by atoms with Gasteiger partial charge in [-0.2, -0.15) is 0 Å². The predicted octanol–water partition coefficient (Wildman–Crippen LogP) is 1.74. The lowest BCUT2D eigenvalue weighted by Crippen LogP contribution is -2.33. The second-order valence-corrected chi connectivity index (χ2v) is 4.10. The summed E-state index contributed by atoms with van der Waals surface area (Å²) in [6, 6.07) is 2.58. The van der Waals surface area contributed by atoms with Gasteiger partial charge in [-0.1, -0.05) is 6.07 Å². The number of halogens is 2. The van der Waals surface area contributed by atoms with Crippen LogP contribution in [0.3, 0.4) is 0 Å². The van der Waals surface area contributed by atoms with Crippen LogP contribution in [-0.4, -0.2) is 30.3 Å². The number of ether oxygens (including phenoxy) is 2. The molecule has 1 aromatic rings. The molecule has 1 atom stereocenters. The topological polar surface area (TPSA) is 72.8 Å². The van der Waals surface area contributed by atoms with Gasteiger partial charge < -0.3 is 14.6 Å². The molecule has 1 aromatic carbocycles.